The number of anilines is 2. The lowest BCUT2D eigenvalue weighted by molar-refractivity contribution is 0.601. The highest BCUT2D eigenvalue weighted by Crippen LogP contribution is 2.19. The summed E-state index contributed by atoms with van der Waals surface area (Å²) >= 11 is 5.20. The molecule has 0 heterocycles. The number of benzene rings is 2. The predicted molar refractivity (Wildman–Crippen MR) is 103 cm³/mol. The summed E-state index contributed by atoms with van der Waals surface area (Å²) in [5, 5.41) is 6.57. The van der Waals surface area contributed by atoms with Crippen LogP contribution in [0.2, 0.25) is 0 Å². The van der Waals surface area contributed by atoms with Gasteiger partial charge in [0, 0.05) is 17.9 Å². The summed E-state index contributed by atoms with van der Waals surface area (Å²) in [7, 11) is -3.65. The second-order valence-corrected chi connectivity index (χ2v) is 7.32. The second-order valence-electron chi connectivity index (χ2n) is 5.23. The lowest BCUT2D eigenvalue weighted by Crippen LogP contribution is -2.29. The zero-order valence-electron chi connectivity index (χ0n) is 13.5. The van der Waals surface area contributed by atoms with Gasteiger partial charge in [-0.15, -0.1) is 0 Å². The van der Waals surface area contributed by atoms with Crippen molar-refractivity contribution in [3.05, 3.63) is 54.6 Å². The van der Waals surface area contributed by atoms with E-state index in [9.17, 15) is 8.42 Å². The number of sulfonamides is 1. The van der Waals surface area contributed by atoms with Crippen LogP contribution < -0.4 is 15.4 Å². The average molecular weight is 364 g/mol. The molecule has 0 fully saturated rings. The summed E-state index contributed by atoms with van der Waals surface area (Å²) in [5.74, 6) is 0. The van der Waals surface area contributed by atoms with Crippen LogP contribution in [0.1, 0.15) is 19.8 Å². The maximum Gasteiger partial charge on any atom is 0.261 e. The number of hydrogen-bond donors (Lipinski definition) is 3. The normalized spacial score (nSPS) is 10.9. The van der Waals surface area contributed by atoms with Gasteiger partial charge in [-0.3, -0.25) is 4.72 Å². The summed E-state index contributed by atoms with van der Waals surface area (Å²) < 4.78 is 27.5. The largest absolute Gasteiger partial charge is 0.362 e. The molecule has 0 saturated carbocycles. The Balaban J connectivity index is 2.07. The second kappa shape index (κ2) is 8.65. The number of nitrogens with one attached hydrogen (secondary N) is 3. The van der Waals surface area contributed by atoms with Crippen molar-refractivity contribution in [1.82, 2.24) is 5.32 Å². The average Bonchev–Trinajstić information content (AvgIpc) is 2.56. The van der Waals surface area contributed by atoms with E-state index in [0.717, 1.165) is 19.4 Å². The van der Waals surface area contributed by atoms with Crippen molar-refractivity contribution in [3.8, 4) is 0 Å². The number of rotatable bonds is 7. The molecular formula is C17H21N3O2S2. The van der Waals surface area contributed by atoms with E-state index in [1.807, 2.05) is 6.07 Å². The first-order valence-electron chi connectivity index (χ1n) is 7.74. The molecule has 5 nitrogen and oxygen atoms in total. The quantitative estimate of drug-likeness (QED) is 0.518. The molecule has 7 heteroatoms. The summed E-state index contributed by atoms with van der Waals surface area (Å²) in [4.78, 5) is 0.174. The molecule has 3 N–H and O–H groups in total. The third-order valence-electron chi connectivity index (χ3n) is 3.24. The number of thiocarbonyl (C=S) groups is 1. The van der Waals surface area contributed by atoms with Gasteiger partial charge in [0.15, 0.2) is 5.11 Å². The Bertz CT molecular complexity index is 777. The highest BCUT2D eigenvalue weighted by atomic mass is 32.2. The summed E-state index contributed by atoms with van der Waals surface area (Å²) in [5.41, 5.74) is 1.15. The summed E-state index contributed by atoms with van der Waals surface area (Å²) in [6.07, 6.45) is 2.10. The lowest BCUT2D eigenvalue weighted by atomic mass is 10.3. The molecule has 0 aliphatic rings. The van der Waals surface area contributed by atoms with Crippen LogP contribution in [0.25, 0.3) is 0 Å². The zero-order valence-corrected chi connectivity index (χ0v) is 15.1. The van der Waals surface area contributed by atoms with Crippen LogP contribution in [0.3, 0.4) is 0 Å². The smallest absolute Gasteiger partial charge is 0.261 e. The minimum absolute atomic E-state index is 0.174. The fraction of sp³-hybridized carbons (Fsp3) is 0.235. The Hall–Kier alpha value is -2.12. The number of para-hydroxylation sites is 1. The lowest BCUT2D eigenvalue weighted by Gasteiger charge is -2.12. The third-order valence-corrected chi connectivity index (χ3v) is 4.87. The topological polar surface area (TPSA) is 70.2 Å². The number of unbranched alkanes of at least 4 members (excludes halogenated alkanes) is 1. The molecule has 0 saturated heterocycles. The van der Waals surface area contributed by atoms with Gasteiger partial charge in [-0.25, -0.2) is 8.42 Å². The fourth-order valence-corrected chi connectivity index (χ4v) is 3.34. The first kappa shape index (κ1) is 18.2. The summed E-state index contributed by atoms with van der Waals surface area (Å²) in [6.45, 7) is 2.89. The highest BCUT2D eigenvalue weighted by Gasteiger charge is 2.14. The minimum Gasteiger partial charge on any atom is -0.362 e. The number of hydrogen-bond acceptors (Lipinski definition) is 3. The molecule has 0 aliphatic carbocycles. The Morgan fingerprint density at radius 2 is 1.75 bits per heavy atom. The Labute approximate surface area is 148 Å². The van der Waals surface area contributed by atoms with Gasteiger partial charge >= 0.3 is 0 Å². The maximum atomic E-state index is 12.5. The van der Waals surface area contributed by atoms with Crippen molar-refractivity contribution in [2.75, 3.05) is 16.6 Å². The van der Waals surface area contributed by atoms with E-state index in [1.165, 1.54) is 0 Å². The van der Waals surface area contributed by atoms with Gasteiger partial charge in [0.1, 0.15) is 0 Å². The van der Waals surface area contributed by atoms with Crippen molar-refractivity contribution >= 4 is 38.7 Å². The molecule has 0 amide bonds. The van der Waals surface area contributed by atoms with Crippen LogP contribution in [-0.2, 0) is 10.0 Å². The molecule has 0 aromatic heterocycles. The van der Waals surface area contributed by atoms with Gasteiger partial charge in [-0.1, -0.05) is 37.6 Å². The van der Waals surface area contributed by atoms with Gasteiger partial charge < -0.3 is 10.6 Å². The predicted octanol–water partition coefficient (Wildman–Crippen LogP) is 3.57. The molecule has 24 heavy (non-hydrogen) atoms. The molecule has 0 bridgehead atoms. The molecule has 0 aliphatic heterocycles. The Kier molecular flexibility index (Phi) is 6.57. The minimum atomic E-state index is -3.65. The van der Waals surface area contributed by atoms with Crippen LogP contribution in [0.4, 0.5) is 11.4 Å². The Morgan fingerprint density at radius 1 is 1.04 bits per heavy atom. The fourth-order valence-electron chi connectivity index (χ4n) is 2.02. The molecule has 0 radical (unpaired) electrons. The van der Waals surface area contributed by atoms with Crippen LogP contribution >= 0.6 is 12.2 Å². The standard InChI is InChI=1S/C17H21N3O2S2/c1-2-3-12-18-17(23)19-15-10-7-11-16(13-15)24(21,22)20-14-8-5-4-6-9-14/h4-11,13,20H,2-3,12H2,1H3,(H2,18,19,23). The van der Waals surface area contributed by atoms with E-state index < -0.39 is 10.0 Å². The van der Waals surface area contributed by atoms with E-state index in [4.69, 9.17) is 12.2 Å². The molecule has 0 unspecified atom stereocenters. The maximum absolute atomic E-state index is 12.5. The van der Waals surface area contributed by atoms with E-state index >= 15 is 0 Å². The monoisotopic (exact) mass is 363 g/mol. The van der Waals surface area contributed by atoms with Crippen LogP contribution in [0.15, 0.2) is 59.5 Å². The van der Waals surface area contributed by atoms with E-state index in [0.29, 0.717) is 16.5 Å². The third kappa shape index (κ3) is 5.50. The summed E-state index contributed by atoms with van der Waals surface area (Å²) in [6, 6.07) is 15.3. The van der Waals surface area contributed by atoms with Crippen LogP contribution in [0.5, 0.6) is 0 Å². The Morgan fingerprint density at radius 3 is 2.46 bits per heavy atom. The highest BCUT2D eigenvalue weighted by molar-refractivity contribution is 7.92. The molecule has 2 rings (SSSR count). The van der Waals surface area contributed by atoms with Crippen molar-refractivity contribution in [2.24, 2.45) is 0 Å². The molecular weight excluding hydrogens is 342 g/mol. The van der Waals surface area contributed by atoms with Gasteiger partial charge in [0.2, 0.25) is 0 Å². The first-order chi connectivity index (χ1) is 11.5. The van der Waals surface area contributed by atoms with E-state index in [1.54, 1.807) is 48.5 Å². The SMILES string of the molecule is CCCCNC(=S)Nc1cccc(S(=O)(=O)Nc2ccccc2)c1. The van der Waals surface area contributed by atoms with Gasteiger partial charge in [-0.05, 0) is 49.0 Å². The van der Waals surface area contributed by atoms with Crippen LogP contribution in [-0.4, -0.2) is 20.1 Å². The molecule has 2 aromatic rings. The molecule has 0 spiro atoms. The molecule has 0 atom stereocenters. The molecule has 128 valence electrons. The van der Waals surface area contributed by atoms with E-state index in [-0.39, 0.29) is 4.90 Å². The van der Waals surface area contributed by atoms with E-state index in [2.05, 4.69) is 22.3 Å². The van der Waals surface area contributed by atoms with Crippen molar-refractivity contribution in [3.63, 3.8) is 0 Å². The van der Waals surface area contributed by atoms with Gasteiger partial charge in [0.25, 0.3) is 10.0 Å². The van der Waals surface area contributed by atoms with Crippen molar-refractivity contribution in [2.45, 2.75) is 24.7 Å². The van der Waals surface area contributed by atoms with Gasteiger partial charge in [0.05, 0.1) is 4.90 Å². The van der Waals surface area contributed by atoms with Crippen molar-refractivity contribution < 1.29 is 8.42 Å². The molecule has 2 aromatic carbocycles. The zero-order chi connectivity index (χ0) is 17.4. The van der Waals surface area contributed by atoms with Gasteiger partial charge in [-0.2, -0.15) is 0 Å². The van der Waals surface area contributed by atoms with Crippen molar-refractivity contribution in [1.29, 1.82) is 0 Å². The van der Waals surface area contributed by atoms with Crippen LogP contribution in [0, 0.1) is 0 Å². The first-order valence-corrected chi connectivity index (χ1v) is 9.63.